The molecule has 2 saturated heterocycles. The Balaban J connectivity index is 1.09. The molecule has 346 valence electrons. The number of hydrogen-bond acceptors (Lipinski definition) is 8. The third kappa shape index (κ3) is 9.58. The molecule has 2 aliphatic heterocycles. The first-order chi connectivity index (χ1) is 31.3. The number of H-pyrrole nitrogens is 2. The molecular weight excluding hydrogens is 821 g/mol. The van der Waals surface area contributed by atoms with Crippen molar-refractivity contribution in [1.82, 2.24) is 40.4 Å². The number of likely N-dealkylation sites (tertiary alicyclic amines) is 2. The van der Waals surface area contributed by atoms with E-state index in [2.05, 4.69) is 69.2 Å². The minimum absolute atomic E-state index is 0.113. The third-order valence-electron chi connectivity index (χ3n) is 14.4. The maximum Gasteiger partial charge on any atom is 0.407 e. The number of aromatic nitrogens is 4. The maximum absolute atomic E-state index is 13.9. The molecule has 4 atom stereocenters. The molecule has 4 amide bonds. The lowest BCUT2D eigenvalue weighted by Crippen LogP contribution is -2.51. The van der Waals surface area contributed by atoms with Crippen LogP contribution < -0.4 is 10.6 Å². The van der Waals surface area contributed by atoms with Crippen molar-refractivity contribution in [2.75, 3.05) is 27.3 Å². The number of alkyl carbamates (subject to hydrolysis) is 2. The summed E-state index contributed by atoms with van der Waals surface area (Å²) in [7, 11) is 2.61. The highest BCUT2D eigenvalue weighted by molar-refractivity contribution is 5.90. The number of nitrogens with one attached hydrogen (secondary N) is 4. The topological polar surface area (TPSA) is 175 Å². The van der Waals surface area contributed by atoms with Gasteiger partial charge in [-0.05, 0) is 127 Å². The zero-order valence-corrected chi connectivity index (χ0v) is 38.9. The van der Waals surface area contributed by atoms with Crippen LogP contribution in [-0.2, 0) is 19.1 Å². The number of carbonyl (C=O) groups is 4. The minimum atomic E-state index is -0.702. The Bertz CT molecular complexity index is 2510. The number of carbonyl (C=O) groups excluding carboxylic acids is 4. The number of allylic oxidation sites excluding steroid dienone is 5. The van der Waals surface area contributed by atoms with Crippen molar-refractivity contribution >= 4 is 57.2 Å². The van der Waals surface area contributed by atoms with E-state index in [0.29, 0.717) is 13.1 Å². The lowest BCUT2D eigenvalue weighted by Gasteiger charge is -2.38. The number of benzene rings is 2. The van der Waals surface area contributed by atoms with Crippen molar-refractivity contribution in [1.29, 1.82) is 0 Å². The van der Waals surface area contributed by atoms with Gasteiger partial charge in [0.15, 0.2) is 0 Å². The first kappa shape index (κ1) is 45.6. The van der Waals surface area contributed by atoms with E-state index in [-0.39, 0.29) is 41.1 Å². The molecule has 4 N–H and O–H groups in total. The highest BCUT2D eigenvalue weighted by Crippen LogP contribution is 2.49. The summed E-state index contributed by atoms with van der Waals surface area (Å²) in [6.07, 6.45) is 15.6. The summed E-state index contributed by atoms with van der Waals surface area (Å²) < 4.78 is 9.66. The molecule has 1 saturated carbocycles. The summed E-state index contributed by atoms with van der Waals surface area (Å²) >= 11 is 0. The van der Waals surface area contributed by atoms with Crippen LogP contribution in [0.15, 0.2) is 60.7 Å². The van der Waals surface area contributed by atoms with E-state index in [1.807, 2.05) is 37.5 Å². The SMILES string of the molecule is C=C1CC2(CCCCC2)CC/C(c2ccc3nc([C@@H]4CCCN4C(=O)[C@@H](NC(=O)OC)C(C)C)[nH]c3c2)=C\C=C1c1ccc2nc([C@@H]3CCCN3C(=O)[C@@H](NC(=O)OC)C(C)C)[nH]c2c1. The molecule has 2 aliphatic carbocycles. The monoisotopic (exact) mass is 887 g/mol. The zero-order chi connectivity index (χ0) is 46.0. The number of amides is 4. The predicted octanol–water partition coefficient (Wildman–Crippen LogP) is 9.69. The Kier molecular flexibility index (Phi) is 13.5. The molecule has 0 unspecified atom stereocenters. The quantitative estimate of drug-likeness (QED) is 0.122. The lowest BCUT2D eigenvalue weighted by molar-refractivity contribution is -0.136. The standard InChI is InChI=1S/C51H66N8O6/c1-30(2)43(56-49(62)64-6)47(60)58-25-11-13-41(58)45-52-37-19-16-34(27-39(37)54-45)33-15-18-36(32(5)29-51(24-21-33)22-9-8-10-23-51)35-17-20-38-40(28-35)55-46(53-38)42-14-12-26-59(42)48(61)44(31(3)4)57-50(63)65-7/h15-20,27-28,30-31,41-44H,5,8-14,21-26,29H2,1-4,6-7H3,(H,52,54)(H,53,55)(H,56,62)(H,57,63)/b33-15+,36-18?/t41-,42-,43-,44-/m0/s1. The number of aromatic amines is 2. The van der Waals surface area contributed by atoms with Gasteiger partial charge in [0.2, 0.25) is 11.8 Å². The van der Waals surface area contributed by atoms with Gasteiger partial charge in [0.05, 0.1) is 48.4 Å². The maximum atomic E-state index is 13.9. The molecule has 4 heterocycles. The fraction of sp³-hybridized carbons (Fsp3) is 0.529. The van der Waals surface area contributed by atoms with E-state index in [1.54, 1.807) is 0 Å². The third-order valence-corrected chi connectivity index (χ3v) is 14.4. The van der Waals surface area contributed by atoms with Gasteiger partial charge in [-0.1, -0.05) is 77.8 Å². The summed E-state index contributed by atoms with van der Waals surface area (Å²) in [6, 6.07) is 11.0. The summed E-state index contributed by atoms with van der Waals surface area (Å²) in [5.41, 5.74) is 9.37. The van der Waals surface area contributed by atoms with E-state index in [1.165, 1.54) is 51.9 Å². The number of ether oxygens (including phenoxy) is 2. The van der Waals surface area contributed by atoms with Gasteiger partial charge < -0.3 is 39.9 Å². The number of fused-ring (bicyclic) bond motifs is 2. The Hall–Kier alpha value is -5.92. The van der Waals surface area contributed by atoms with Crippen molar-refractivity contribution in [3.05, 3.63) is 83.5 Å². The smallest absolute Gasteiger partial charge is 0.407 e. The van der Waals surface area contributed by atoms with E-state index in [0.717, 1.165) is 101 Å². The van der Waals surface area contributed by atoms with Crippen molar-refractivity contribution in [3.63, 3.8) is 0 Å². The molecule has 0 radical (unpaired) electrons. The highest BCUT2D eigenvalue weighted by atomic mass is 16.5. The van der Waals surface area contributed by atoms with Crippen LogP contribution in [0.1, 0.15) is 140 Å². The summed E-state index contributed by atoms with van der Waals surface area (Å²) in [5, 5.41) is 5.49. The van der Waals surface area contributed by atoms with Crippen molar-refractivity contribution in [2.45, 2.75) is 129 Å². The van der Waals surface area contributed by atoms with E-state index >= 15 is 0 Å². The van der Waals surface area contributed by atoms with Gasteiger partial charge in [-0.25, -0.2) is 19.6 Å². The minimum Gasteiger partial charge on any atom is -0.453 e. The number of methoxy groups -OCH3 is 2. The van der Waals surface area contributed by atoms with Gasteiger partial charge in [0.1, 0.15) is 23.7 Å². The molecule has 8 rings (SSSR count). The summed E-state index contributed by atoms with van der Waals surface area (Å²) in [4.78, 5) is 72.9. The molecule has 14 nitrogen and oxygen atoms in total. The largest absolute Gasteiger partial charge is 0.453 e. The Morgan fingerprint density at radius 2 is 1.22 bits per heavy atom. The van der Waals surface area contributed by atoms with Crippen molar-refractivity contribution in [3.8, 4) is 0 Å². The average Bonchev–Trinajstić information content (AvgIpc) is 4.13. The fourth-order valence-electron chi connectivity index (χ4n) is 10.8. The van der Waals surface area contributed by atoms with Crippen molar-refractivity contribution in [2.24, 2.45) is 17.3 Å². The molecule has 4 aliphatic rings. The highest BCUT2D eigenvalue weighted by Gasteiger charge is 2.40. The van der Waals surface area contributed by atoms with Gasteiger partial charge >= 0.3 is 12.2 Å². The molecule has 0 bridgehead atoms. The molecule has 14 heteroatoms. The molecule has 3 fully saturated rings. The second-order valence-electron chi connectivity index (χ2n) is 19.4. The van der Waals surface area contributed by atoms with Crippen LogP contribution in [0, 0.1) is 17.3 Å². The Morgan fingerprint density at radius 3 is 1.72 bits per heavy atom. The second-order valence-corrected chi connectivity index (χ2v) is 19.4. The normalized spacial score (nSPS) is 22.0. The number of nitrogens with zero attached hydrogens (tertiary/aromatic N) is 4. The van der Waals surface area contributed by atoms with Crippen LogP contribution in [0.25, 0.3) is 33.2 Å². The van der Waals surface area contributed by atoms with Crippen LogP contribution >= 0.6 is 0 Å². The summed E-state index contributed by atoms with van der Waals surface area (Å²) in [5.74, 6) is 1.01. The van der Waals surface area contributed by atoms with Gasteiger partial charge in [0, 0.05) is 13.1 Å². The molecule has 65 heavy (non-hydrogen) atoms. The van der Waals surface area contributed by atoms with Crippen LogP contribution in [-0.4, -0.2) is 93.1 Å². The van der Waals surface area contributed by atoms with Gasteiger partial charge in [-0.3, -0.25) is 9.59 Å². The van der Waals surface area contributed by atoms with Gasteiger partial charge in [-0.15, -0.1) is 0 Å². The Labute approximate surface area is 382 Å². The number of hydrogen-bond donors (Lipinski definition) is 4. The lowest BCUT2D eigenvalue weighted by atomic mass is 9.66. The van der Waals surface area contributed by atoms with Gasteiger partial charge in [-0.2, -0.15) is 0 Å². The fourth-order valence-corrected chi connectivity index (χ4v) is 10.8. The first-order valence-corrected chi connectivity index (χ1v) is 23.7. The van der Waals surface area contributed by atoms with E-state index in [9.17, 15) is 19.2 Å². The molecule has 1 spiro atoms. The zero-order valence-electron chi connectivity index (χ0n) is 38.9. The van der Waals surface area contributed by atoms with Crippen LogP contribution in [0.5, 0.6) is 0 Å². The van der Waals surface area contributed by atoms with E-state index in [4.69, 9.17) is 26.0 Å². The first-order valence-electron chi connectivity index (χ1n) is 23.7. The van der Waals surface area contributed by atoms with Crippen molar-refractivity contribution < 1.29 is 28.7 Å². The Morgan fingerprint density at radius 1 is 0.708 bits per heavy atom. The number of imidazole rings is 2. The number of rotatable bonds is 10. The molecule has 4 aromatic rings. The van der Waals surface area contributed by atoms with Crippen LogP contribution in [0.3, 0.4) is 0 Å². The predicted molar refractivity (Wildman–Crippen MR) is 252 cm³/mol. The molecular formula is C51H66N8O6. The average molecular weight is 887 g/mol. The van der Waals surface area contributed by atoms with Gasteiger partial charge in [0.25, 0.3) is 0 Å². The summed E-state index contributed by atoms with van der Waals surface area (Å²) in [6.45, 7) is 13.6. The van der Waals surface area contributed by atoms with Crippen LogP contribution in [0.4, 0.5) is 9.59 Å². The second kappa shape index (κ2) is 19.3. The van der Waals surface area contributed by atoms with Crippen LogP contribution in [0.2, 0.25) is 0 Å². The molecule has 2 aromatic heterocycles. The van der Waals surface area contributed by atoms with E-state index < -0.39 is 24.3 Å². The molecule has 2 aromatic carbocycles.